The van der Waals surface area contributed by atoms with Gasteiger partial charge in [-0.3, -0.25) is 0 Å². The third kappa shape index (κ3) is 3.06. The summed E-state index contributed by atoms with van der Waals surface area (Å²) in [6.07, 6.45) is 0.496. The van der Waals surface area contributed by atoms with Gasteiger partial charge in [0.25, 0.3) is 0 Å². The van der Waals surface area contributed by atoms with E-state index in [2.05, 4.69) is 5.32 Å². The Morgan fingerprint density at radius 1 is 1.50 bits per heavy atom. The third-order valence-corrected chi connectivity index (χ3v) is 3.78. The predicted molar refractivity (Wildman–Crippen MR) is 76.8 cm³/mol. The molecule has 1 aliphatic heterocycles. The molecule has 1 aliphatic rings. The molecule has 1 fully saturated rings. The van der Waals surface area contributed by atoms with Gasteiger partial charge >= 0.3 is 6.09 Å². The average molecular weight is 295 g/mol. The highest BCUT2D eigenvalue weighted by atomic mass is 35.5. The number of hydrogen-bond acceptors (Lipinski definition) is 4. The standard InChI is InChI=1S/C13H15ClN4O2/c14-12-10(16)5-8(7-15)6-11(12)17-9-1-3-18(4-2-9)13(19)20/h5-6,9,17H,1-4,16H2,(H,19,20). The van der Waals surface area contributed by atoms with Gasteiger partial charge in [-0.25, -0.2) is 4.79 Å². The molecule has 0 bridgehead atoms. The number of nitrogens with zero attached hydrogens (tertiary/aromatic N) is 2. The first-order valence-electron chi connectivity index (χ1n) is 6.24. The van der Waals surface area contributed by atoms with E-state index in [0.717, 1.165) is 0 Å². The summed E-state index contributed by atoms with van der Waals surface area (Å²) in [7, 11) is 0. The molecular weight excluding hydrogens is 280 g/mol. The van der Waals surface area contributed by atoms with Gasteiger partial charge < -0.3 is 21.1 Å². The Kier molecular flexibility index (Phi) is 4.20. The minimum atomic E-state index is -0.891. The van der Waals surface area contributed by atoms with E-state index in [0.29, 0.717) is 47.9 Å². The molecule has 0 saturated carbocycles. The number of benzene rings is 1. The lowest BCUT2D eigenvalue weighted by molar-refractivity contribution is 0.134. The molecule has 0 spiro atoms. The third-order valence-electron chi connectivity index (χ3n) is 3.35. The first-order valence-corrected chi connectivity index (χ1v) is 6.62. The van der Waals surface area contributed by atoms with Crippen LogP contribution in [0.15, 0.2) is 12.1 Å². The number of nitrogens with two attached hydrogens (primary N) is 1. The van der Waals surface area contributed by atoms with Crippen LogP contribution in [0, 0.1) is 11.3 Å². The SMILES string of the molecule is N#Cc1cc(N)c(Cl)c(NC2CCN(C(=O)O)CC2)c1. The van der Waals surface area contributed by atoms with Gasteiger partial charge in [0.2, 0.25) is 0 Å². The minimum absolute atomic E-state index is 0.122. The molecule has 20 heavy (non-hydrogen) atoms. The van der Waals surface area contributed by atoms with Gasteiger partial charge in [-0.1, -0.05) is 11.6 Å². The molecule has 0 aromatic heterocycles. The van der Waals surface area contributed by atoms with E-state index in [1.165, 1.54) is 11.0 Å². The number of anilines is 2. The van der Waals surface area contributed by atoms with Crippen LogP contribution in [-0.2, 0) is 0 Å². The van der Waals surface area contributed by atoms with E-state index in [1.807, 2.05) is 6.07 Å². The van der Waals surface area contributed by atoms with E-state index in [1.54, 1.807) is 6.07 Å². The summed E-state index contributed by atoms with van der Waals surface area (Å²) in [6, 6.07) is 5.34. The van der Waals surface area contributed by atoms with Crippen LogP contribution in [0.5, 0.6) is 0 Å². The van der Waals surface area contributed by atoms with Crippen molar-refractivity contribution in [3.05, 3.63) is 22.7 Å². The van der Waals surface area contributed by atoms with Crippen molar-refractivity contribution in [2.75, 3.05) is 24.1 Å². The van der Waals surface area contributed by atoms with Crippen molar-refractivity contribution in [3.63, 3.8) is 0 Å². The molecule has 6 nitrogen and oxygen atoms in total. The molecule has 1 aromatic rings. The van der Waals surface area contributed by atoms with Crippen molar-refractivity contribution in [3.8, 4) is 6.07 Å². The van der Waals surface area contributed by atoms with Gasteiger partial charge in [0.15, 0.2) is 0 Å². The van der Waals surface area contributed by atoms with E-state index in [9.17, 15) is 4.79 Å². The van der Waals surface area contributed by atoms with Crippen LogP contribution in [0.1, 0.15) is 18.4 Å². The van der Waals surface area contributed by atoms with Crippen molar-refractivity contribution >= 4 is 29.1 Å². The molecule has 7 heteroatoms. The van der Waals surface area contributed by atoms with Crippen LogP contribution in [0.2, 0.25) is 5.02 Å². The second kappa shape index (κ2) is 5.88. The Hall–Kier alpha value is -2.13. The molecule has 0 radical (unpaired) electrons. The molecule has 4 N–H and O–H groups in total. The summed E-state index contributed by atoms with van der Waals surface area (Å²) in [5.41, 5.74) is 7.18. The second-order valence-corrected chi connectivity index (χ2v) is 5.11. The van der Waals surface area contributed by atoms with Crippen LogP contribution in [0.4, 0.5) is 16.2 Å². The van der Waals surface area contributed by atoms with Gasteiger partial charge in [-0.2, -0.15) is 5.26 Å². The lowest BCUT2D eigenvalue weighted by Crippen LogP contribution is -2.41. The maximum Gasteiger partial charge on any atom is 0.407 e. The lowest BCUT2D eigenvalue weighted by Gasteiger charge is -2.31. The highest BCUT2D eigenvalue weighted by Crippen LogP contribution is 2.31. The van der Waals surface area contributed by atoms with Gasteiger partial charge in [0.05, 0.1) is 28.0 Å². The normalized spacial score (nSPS) is 15.7. The fourth-order valence-electron chi connectivity index (χ4n) is 2.25. The monoisotopic (exact) mass is 294 g/mol. The fraction of sp³-hybridized carbons (Fsp3) is 0.385. The van der Waals surface area contributed by atoms with Crippen LogP contribution in [0.25, 0.3) is 0 Å². The zero-order chi connectivity index (χ0) is 14.7. The topological polar surface area (TPSA) is 102 Å². The second-order valence-electron chi connectivity index (χ2n) is 4.73. The first kappa shape index (κ1) is 14.3. The highest BCUT2D eigenvalue weighted by molar-refractivity contribution is 6.35. The summed E-state index contributed by atoms with van der Waals surface area (Å²) < 4.78 is 0. The number of piperidine rings is 1. The Labute approximate surface area is 121 Å². The van der Waals surface area contributed by atoms with Gasteiger partial charge in [0, 0.05) is 19.1 Å². The predicted octanol–water partition coefficient (Wildman–Crippen LogP) is 2.35. The van der Waals surface area contributed by atoms with E-state index < -0.39 is 6.09 Å². The van der Waals surface area contributed by atoms with Crippen LogP contribution < -0.4 is 11.1 Å². The van der Waals surface area contributed by atoms with E-state index in [-0.39, 0.29) is 6.04 Å². The van der Waals surface area contributed by atoms with Crippen molar-refractivity contribution in [2.24, 2.45) is 0 Å². The molecule has 106 valence electrons. The lowest BCUT2D eigenvalue weighted by atomic mass is 10.0. The quantitative estimate of drug-likeness (QED) is 0.727. The number of carbonyl (C=O) groups is 1. The Balaban J connectivity index is 2.07. The fourth-order valence-corrected chi connectivity index (χ4v) is 2.42. The molecule has 1 amide bonds. The summed E-state index contributed by atoms with van der Waals surface area (Å²) in [6.45, 7) is 0.968. The van der Waals surface area contributed by atoms with Crippen LogP contribution in [0.3, 0.4) is 0 Å². The summed E-state index contributed by atoms with van der Waals surface area (Å²) in [5.74, 6) is 0. The number of nitrogens with one attached hydrogen (secondary N) is 1. The maximum absolute atomic E-state index is 10.8. The van der Waals surface area contributed by atoms with Crippen molar-refractivity contribution < 1.29 is 9.90 Å². The molecule has 0 aliphatic carbocycles. The maximum atomic E-state index is 10.8. The first-order chi connectivity index (χ1) is 9.51. The van der Waals surface area contributed by atoms with Crippen LogP contribution in [-0.4, -0.2) is 35.2 Å². The molecule has 1 aromatic carbocycles. The Morgan fingerprint density at radius 3 is 2.70 bits per heavy atom. The largest absolute Gasteiger partial charge is 0.465 e. The van der Waals surface area contributed by atoms with Crippen LogP contribution >= 0.6 is 11.6 Å². The molecule has 0 atom stereocenters. The average Bonchev–Trinajstić information content (AvgIpc) is 2.44. The number of carboxylic acid groups (broad SMARTS) is 1. The number of amides is 1. The Bertz CT molecular complexity index is 562. The summed E-state index contributed by atoms with van der Waals surface area (Å²) in [4.78, 5) is 12.2. The summed E-state index contributed by atoms with van der Waals surface area (Å²) in [5, 5.41) is 21.5. The zero-order valence-corrected chi connectivity index (χ0v) is 11.5. The number of nitrogen functional groups attached to an aromatic ring is 1. The van der Waals surface area contributed by atoms with Gasteiger partial charge in [-0.05, 0) is 25.0 Å². The van der Waals surface area contributed by atoms with E-state index in [4.69, 9.17) is 27.7 Å². The number of hydrogen-bond donors (Lipinski definition) is 3. The number of likely N-dealkylation sites (tertiary alicyclic amines) is 1. The molecule has 1 saturated heterocycles. The van der Waals surface area contributed by atoms with Crippen molar-refractivity contribution in [1.82, 2.24) is 4.90 Å². The molecule has 2 rings (SSSR count). The van der Waals surface area contributed by atoms with Gasteiger partial charge in [-0.15, -0.1) is 0 Å². The number of rotatable bonds is 2. The summed E-state index contributed by atoms with van der Waals surface area (Å²) >= 11 is 6.12. The number of nitriles is 1. The van der Waals surface area contributed by atoms with Crippen molar-refractivity contribution in [2.45, 2.75) is 18.9 Å². The smallest absolute Gasteiger partial charge is 0.407 e. The molecule has 0 unspecified atom stereocenters. The molecule has 1 heterocycles. The Morgan fingerprint density at radius 2 is 2.15 bits per heavy atom. The zero-order valence-electron chi connectivity index (χ0n) is 10.8. The minimum Gasteiger partial charge on any atom is -0.465 e. The molecular formula is C13H15ClN4O2. The van der Waals surface area contributed by atoms with E-state index >= 15 is 0 Å². The number of halogens is 1. The van der Waals surface area contributed by atoms with Crippen molar-refractivity contribution in [1.29, 1.82) is 5.26 Å². The van der Waals surface area contributed by atoms with Gasteiger partial charge in [0.1, 0.15) is 0 Å². The highest BCUT2D eigenvalue weighted by Gasteiger charge is 2.22.